The molecular formula is C24H38O3. The topological polar surface area (TPSA) is 35.5 Å². The molecule has 3 fully saturated rings. The van der Waals surface area contributed by atoms with E-state index in [9.17, 15) is 4.79 Å². The van der Waals surface area contributed by atoms with Crippen LogP contribution in [0.1, 0.15) is 66.7 Å². The summed E-state index contributed by atoms with van der Waals surface area (Å²) < 4.78 is 10.6. The molecule has 0 amide bonds. The van der Waals surface area contributed by atoms with E-state index in [0.29, 0.717) is 35.3 Å². The molecule has 27 heavy (non-hydrogen) atoms. The smallest absolute Gasteiger partial charge is 0.336 e. The molecule has 3 nitrogen and oxygen atoms in total. The van der Waals surface area contributed by atoms with Crippen LogP contribution in [0.5, 0.6) is 0 Å². The zero-order valence-corrected chi connectivity index (χ0v) is 18.1. The minimum Gasteiger partial charge on any atom is -0.459 e. The third-order valence-corrected chi connectivity index (χ3v) is 8.87. The first-order chi connectivity index (χ1) is 12.7. The minimum atomic E-state index is -0.220. The number of hydrogen-bond acceptors (Lipinski definition) is 3. The van der Waals surface area contributed by atoms with Crippen LogP contribution < -0.4 is 0 Å². The number of carbonyl (C=O) groups excluding carboxylic acids is 1. The molecule has 2 aliphatic carbocycles. The van der Waals surface area contributed by atoms with Gasteiger partial charge in [-0.1, -0.05) is 59.3 Å². The molecule has 3 rings (SSSR count). The van der Waals surface area contributed by atoms with Crippen molar-refractivity contribution < 1.29 is 14.3 Å². The first-order valence-corrected chi connectivity index (χ1v) is 10.8. The summed E-state index contributed by atoms with van der Waals surface area (Å²) in [6, 6.07) is 0. The van der Waals surface area contributed by atoms with Crippen molar-refractivity contribution in [1.82, 2.24) is 0 Å². The molecular weight excluding hydrogens is 336 g/mol. The molecule has 0 aromatic heterocycles. The van der Waals surface area contributed by atoms with Crippen molar-refractivity contribution in [3.8, 4) is 0 Å². The number of allylic oxidation sites excluding steroid dienone is 2. The van der Waals surface area contributed by atoms with Crippen molar-refractivity contribution in [2.45, 2.75) is 72.8 Å². The molecule has 4 unspecified atom stereocenters. The van der Waals surface area contributed by atoms with Gasteiger partial charge >= 0.3 is 5.97 Å². The number of esters is 1. The number of rotatable bonds is 4. The van der Waals surface area contributed by atoms with Gasteiger partial charge in [0.1, 0.15) is 12.7 Å². The van der Waals surface area contributed by atoms with E-state index in [1.165, 1.54) is 31.3 Å². The first kappa shape index (κ1) is 20.6. The fourth-order valence-electron chi connectivity index (χ4n) is 6.48. The van der Waals surface area contributed by atoms with Crippen LogP contribution in [0.2, 0.25) is 0 Å². The monoisotopic (exact) mass is 374 g/mol. The Labute approximate surface area is 165 Å². The highest BCUT2D eigenvalue weighted by molar-refractivity contribution is 5.91. The second-order valence-corrected chi connectivity index (χ2v) is 9.84. The lowest BCUT2D eigenvalue weighted by atomic mass is 9.43. The van der Waals surface area contributed by atoms with Crippen LogP contribution in [0.4, 0.5) is 0 Å². The minimum absolute atomic E-state index is 0.214. The van der Waals surface area contributed by atoms with E-state index in [4.69, 9.17) is 9.47 Å². The highest BCUT2D eigenvalue weighted by Crippen LogP contribution is 2.65. The highest BCUT2D eigenvalue weighted by atomic mass is 16.6. The summed E-state index contributed by atoms with van der Waals surface area (Å²) in [6.07, 6.45) is 7.78. The second kappa shape index (κ2) is 7.39. The molecule has 0 spiro atoms. The third kappa shape index (κ3) is 3.20. The number of methoxy groups -OCH3 is 1. The summed E-state index contributed by atoms with van der Waals surface area (Å²) in [6.45, 7) is 17.1. The lowest BCUT2D eigenvalue weighted by Crippen LogP contribution is -2.54. The van der Waals surface area contributed by atoms with Gasteiger partial charge < -0.3 is 9.47 Å². The van der Waals surface area contributed by atoms with E-state index < -0.39 is 0 Å². The van der Waals surface area contributed by atoms with E-state index in [2.05, 4.69) is 47.3 Å². The van der Waals surface area contributed by atoms with Gasteiger partial charge in [0.05, 0.1) is 5.57 Å². The number of ether oxygens (including phenoxy) is 2. The Morgan fingerprint density at radius 1 is 1.33 bits per heavy atom. The second-order valence-electron chi connectivity index (χ2n) is 9.84. The van der Waals surface area contributed by atoms with E-state index in [0.717, 1.165) is 12.3 Å². The maximum Gasteiger partial charge on any atom is 0.336 e. The summed E-state index contributed by atoms with van der Waals surface area (Å²) in [5, 5.41) is 0. The number of hydrogen-bond donors (Lipinski definition) is 0. The molecule has 0 aromatic carbocycles. The van der Waals surface area contributed by atoms with Gasteiger partial charge in [-0.25, -0.2) is 4.79 Å². The molecule has 1 heterocycles. The predicted molar refractivity (Wildman–Crippen MR) is 109 cm³/mol. The molecule has 0 aromatic rings. The molecule has 7 atom stereocenters. The number of fused-ring (bicyclic) bond motifs is 1. The van der Waals surface area contributed by atoms with Crippen molar-refractivity contribution in [2.24, 2.45) is 34.5 Å². The first-order valence-electron chi connectivity index (χ1n) is 10.8. The van der Waals surface area contributed by atoms with Crippen molar-refractivity contribution in [3.63, 3.8) is 0 Å². The fourth-order valence-corrected chi connectivity index (χ4v) is 6.48. The van der Waals surface area contributed by atoms with E-state index >= 15 is 0 Å². The van der Waals surface area contributed by atoms with Gasteiger partial charge in [0.25, 0.3) is 0 Å². The van der Waals surface area contributed by atoms with Gasteiger partial charge in [0, 0.05) is 7.11 Å². The van der Waals surface area contributed by atoms with Gasteiger partial charge in [-0.3, -0.25) is 0 Å². The Hall–Kier alpha value is -1.09. The summed E-state index contributed by atoms with van der Waals surface area (Å²) in [4.78, 5) is 12.1. The van der Waals surface area contributed by atoms with Crippen LogP contribution in [0, 0.1) is 34.5 Å². The average Bonchev–Trinajstić information content (AvgIpc) is 3.01. The van der Waals surface area contributed by atoms with Gasteiger partial charge in [0.15, 0.2) is 0 Å². The maximum absolute atomic E-state index is 12.1. The predicted octanol–water partition coefficient (Wildman–Crippen LogP) is 5.56. The van der Waals surface area contributed by atoms with Crippen molar-refractivity contribution in [3.05, 3.63) is 23.8 Å². The van der Waals surface area contributed by atoms with Crippen molar-refractivity contribution in [1.29, 1.82) is 0 Å². The average molecular weight is 375 g/mol. The van der Waals surface area contributed by atoms with Crippen LogP contribution in [0.3, 0.4) is 0 Å². The quantitative estimate of drug-likeness (QED) is 0.367. The van der Waals surface area contributed by atoms with Crippen LogP contribution in [-0.2, 0) is 14.3 Å². The van der Waals surface area contributed by atoms with Gasteiger partial charge in [-0.05, 0) is 60.2 Å². The molecule has 0 radical (unpaired) electrons. The third-order valence-electron chi connectivity index (χ3n) is 8.87. The summed E-state index contributed by atoms with van der Waals surface area (Å²) in [5.74, 6) is 2.21. The Bertz CT molecular complexity index is 636. The van der Waals surface area contributed by atoms with Crippen LogP contribution in [0.25, 0.3) is 0 Å². The normalized spacial score (nSPS) is 46.4. The standard InChI is InChI=1S/C24H38O3/c1-8-23(5)16(3)11-12-24(6)19(17(4)15(2)13-21(23)24)10-9-18-20(26-7)14-27-22(18)25/h9,15-16,19-21H,4,8,10-14H2,1-3,5-7H3/b18-9+/t15?,16-,19?,20?,21?,23-,24-/m1/s1. The lowest BCUT2D eigenvalue weighted by Gasteiger charge is -2.62. The fraction of sp³-hybridized carbons (Fsp3) is 0.792. The Balaban J connectivity index is 1.93. The van der Waals surface area contributed by atoms with Gasteiger partial charge in [-0.2, -0.15) is 0 Å². The summed E-state index contributed by atoms with van der Waals surface area (Å²) >= 11 is 0. The molecule has 3 heteroatoms. The van der Waals surface area contributed by atoms with Crippen LogP contribution in [-0.4, -0.2) is 25.8 Å². The molecule has 0 N–H and O–H groups in total. The molecule has 152 valence electrons. The summed E-state index contributed by atoms with van der Waals surface area (Å²) in [7, 11) is 1.65. The van der Waals surface area contributed by atoms with Gasteiger partial charge in [-0.15, -0.1) is 0 Å². The summed E-state index contributed by atoms with van der Waals surface area (Å²) in [5.41, 5.74) is 2.71. The molecule has 2 saturated carbocycles. The van der Waals surface area contributed by atoms with Crippen molar-refractivity contribution in [2.75, 3.05) is 13.7 Å². The Morgan fingerprint density at radius 2 is 2.04 bits per heavy atom. The largest absolute Gasteiger partial charge is 0.459 e. The Morgan fingerprint density at radius 3 is 2.67 bits per heavy atom. The zero-order valence-electron chi connectivity index (χ0n) is 18.1. The van der Waals surface area contributed by atoms with Crippen molar-refractivity contribution >= 4 is 5.97 Å². The zero-order chi connectivity index (χ0) is 20.0. The molecule has 3 aliphatic rings. The van der Waals surface area contributed by atoms with Crippen LogP contribution >= 0.6 is 0 Å². The Kier molecular flexibility index (Phi) is 5.65. The SMILES string of the molecule is C=C1C(C)CC2[C@](C)(CC[C@@H](C)[C@@]2(C)CC)C1C/C=C1/C(=O)OCC1OC. The lowest BCUT2D eigenvalue weighted by molar-refractivity contribution is -0.135. The molecule has 1 saturated heterocycles. The molecule has 0 bridgehead atoms. The van der Waals surface area contributed by atoms with E-state index in [1.54, 1.807) is 7.11 Å². The molecule has 1 aliphatic heterocycles. The van der Waals surface area contributed by atoms with E-state index in [-0.39, 0.29) is 17.5 Å². The van der Waals surface area contributed by atoms with Gasteiger partial charge in [0.2, 0.25) is 0 Å². The van der Waals surface area contributed by atoms with E-state index in [1.807, 2.05) is 0 Å². The highest BCUT2D eigenvalue weighted by Gasteiger charge is 2.57. The van der Waals surface area contributed by atoms with Crippen LogP contribution in [0.15, 0.2) is 23.8 Å². The number of cyclic esters (lactones) is 1. The number of carbonyl (C=O) groups is 1. The maximum atomic E-state index is 12.1.